The maximum Gasteiger partial charge on any atom is 0.306 e. The Balaban J connectivity index is 4.34. The van der Waals surface area contributed by atoms with Gasteiger partial charge in [-0.15, -0.1) is 0 Å². The number of carbonyl (C=O) groups excluding carboxylic acids is 3. The van der Waals surface area contributed by atoms with Crippen LogP contribution < -0.4 is 0 Å². The molecule has 0 aromatic carbocycles. The van der Waals surface area contributed by atoms with Crippen LogP contribution in [0.15, 0.2) is 109 Å². The number of hydrogen-bond donors (Lipinski definition) is 0. The molecule has 0 N–H and O–H groups in total. The van der Waals surface area contributed by atoms with E-state index in [0.29, 0.717) is 19.3 Å². The molecule has 440 valence electrons. The summed E-state index contributed by atoms with van der Waals surface area (Å²) in [5.41, 5.74) is 0. The van der Waals surface area contributed by atoms with Gasteiger partial charge in [0.2, 0.25) is 0 Å². The Kier molecular flexibility index (Phi) is 61.3. The van der Waals surface area contributed by atoms with Crippen LogP contribution in [0.25, 0.3) is 0 Å². The predicted molar refractivity (Wildman–Crippen MR) is 334 cm³/mol. The van der Waals surface area contributed by atoms with Gasteiger partial charge in [0, 0.05) is 19.3 Å². The van der Waals surface area contributed by atoms with Gasteiger partial charge in [-0.05, 0) is 109 Å². The van der Waals surface area contributed by atoms with Crippen LogP contribution in [0, 0.1) is 0 Å². The maximum atomic E-state index is 12.9. The molecule has 0 aliphatic rings. The van der Waals surface area contributed by atoms with Crippen molar-refractivity contribution in [2.24, 2.45) is 0 Å². The van der Waals surface area contributed by atoms with Crippen LogP contribution in [-0.2, 0) is 28.6 Å². The van der Waals surface area contributed by atoms with Crippen molar-refractivity contribution in [2.45, 2.75) is 309 Å². The summed E-state index contributed by atoms with van der Waals surface area (Å²) < 4.78 is 16.9. The number of allylic oxidation sites excluding steroid dienone is 18. The summed E-state index contributed by atoms with van der Waals surface area (Å²) in [4.78, 5) is 38.3. The highest BCUT2D eigenvalue weighted by atomic mass is 16.6. The molecular weight excluding hydrogens is 949 g/mol. The molecule has 0 spiro atoms. The summed E-state index contributed by atoms with van der Waals surface area (Å²) in [6.07, 6.45) is 88.0. The summed E-state index contributed by atoms with van der Waals surface area (Å²) in [5.74, 6) is -0.902. The van der Waals surface area contributed by atoms with Gasteiger partial charge in [-0.25, -0.2) is 0 Å². The summed E-state index contributed by atoms with van der Waals surface area (Å²) in [6, 6.07) is 0. The van der Waals surface area contributed by atoms with Crippen LogP contribution in [0.4, 0.5) is 0 Å². The molecule has 0 heterocycles. The number of unbranched alkanes of at least 4 members (excludes halogenated alkanes) is 29. The number of ether oxygens (including phenoxy) is 3. The van der Waals surface area contributed by atoms with Crippen molar-refractivity contribution in [2.75, 3.05) is 13.2 Å². The van der Waals surface area contributed by atoms with E-state index in [0.717, 1.165) is 135 Å². The lowest BCUT2D eigenvalue weighted by Gasteiger charge is -2.18. The average molecular weight is 1070 g/mol. The summed E-state index contributed by atoms with van der Waals surface area (Å²) in [7, 11) is 0. The summed E-state index contributed by atoms with van der Waals surface area (Å²) in [5, 5.41) is 0. The van der Waals surface area contributed by atoms with Crippen molar-refractivity contribution in [3.05, 3.63) is 109 Å². The van der Waals surface area contributed by atoms with Gasteiger partial charge in [-0.3, -0.25) is 14.4 Å². The van der Waals surface area contributed by atoms with E-state index in [1.165, 1.54) is 128 Å². The van der Waals surface area contributed by atoms with Crippen molar-refractivity contribution in [1.82, 2.24) is 0 Å². The molecule has 1 atom stereocenters. The van der Waals surface area contributed by atoms with Gasteiger partial charge in [-0.2, -0.15) is 0 Å². The molecule has 0 radical (unpaired) electrons. The second-order valence-corrected chi connectivity index (χ2v) is 21.3. The molecule has 0 fully saturated rings. The molecule has 0 aliphatic heterocycles. The van der Waals surface area contributed by atoms with Crippen LogP contribution >= 0.6 is 0 Å². The second-order valence-electron chi connectivity index (χ2n) is 21.3. The molecule has 6 heteroatoms. The number of rotatable bonds is 58. The largest absolute Gasteiger partial charge is 0.462 e. The molecule has 0 aliphatic carbocycles. The van der Waals surface area contributed by atoms with Crippen LogP contribution in [0.2, 0.25) is 0 Å². The highest BCUT2D eigenvalue weighted by Gasteiger charge is 2.19. The van der Waals surface area contributed by atoms with E-state index in [4.69, 9.17) is 14.2 Å². The number of esters is 3. The molecular formula is C71H120O6. The monoisotopic (exact) mass is 1070 g/mol. The molecule has 6 nitrogen and oxygen atoms in total. The van der Waals surface area contributed by atoms with Crippen LogP contribution in [-0.4, -0.2) is 37.2 Å². The van der Waals surface area contributed by atoms with Gasteiger partial charge >= 0.3 is 17.9 Å². The Morgan fingerprint density at radius 3 is 0.805 bits per heavy atom. The van der Waals surface area contributed by atoms with E-state index in [-0.39, 0.29) is 31.1 Å². The molecule has 77 heavy (non-hydrogen) atoms. The van der Waals surface area contributed by atoms with E-state index in [2.05, 4.69) is 130 Å². The zero-order valence-corrected chi connectivity index (χ0v) is 50.4. The fourth-order valence-corrected chi connectivity index (χ4v) is 8.92. The Labute approximate surface area is 476 Å². The van der Waals surface area contributed by atoms with E-state index >= 15 is 0 Å². The molecule has 0 bridgehead atoms. The Morgan fingerprint density at radius 2 is 0.506 bits per heavy atom. The topological polar surface area (TPSA) is 78.9 Å². The fourth-order valence-electron chi connectivity index (χ4n) is 8.92. The summed E-state index contributed by atoms with van der Waals surface area (Å²) >= 11 is 0. The lowest BCUT2D eigenvalue weighted by Crippen LogP contribution is -2.30. The van der Waals surface area contributed by atoms with Gasteiger partial charge in [0.25, 0.3) is 0 Å². The van der Waals surface area contributed by atoms with E-state index in [9.17, 15) is 14.4 Å². The van der Waals surface area contributed by atoms with Crippen molar-refractivity contribution in [1.29, 1.82) is 0 Å². The van der Waals surface area contributed by atoms with Crippen LogP contribution in [0.3, 0.4) is 0 Å². The van der Waals surface area contributed by atoms with Crippen molar-refractivity contribution < 1.29 is 28.6 Å². The van der Waals surface area contributed by atoms with Gasteiger partial charge in [0.05, 0.1) is 0 Å². The van der Waals surface area contributed by atoms with E-state index in [1.807, 2.05) is 0 Å². The van der Waals surface area contributed by atoms with Crippen molar-refractivity contribution >= 4 is 17.9 Å². The SMILES string of the molecule is CC/C=C\C/C=C\C/C=C\C/C=C\C/C=C\C/C=C\C/C=C\CCCCCCCCCC(=O)OCC(COC(=O)CCCCCCCCCCCCCCCC)OC(=O)CCCCCCC/C=C\C/C=C\CCCCCC. The number of hydrogen-bond acceptors (Lipinski definition) is 6. The quantitative estimate of drug-likeness (QED) is 0.0261. The first-order chi connectivity index (χ1) is 38.0. The Morgan fingerprint density at radius 1 is 0.273 bits per heavy atom. The van der Waals surface area contributed by atoms with Gasteiger partial charge in [0.1, 0.15) is 13.2 Å². The minimum atomic E-state index is -0.791. The average Bonchev–Trinajstić information content (AvgIpc) is 3.43. The third-order valence-electron chi connectivity index (χ3n) is 13.8. The first-order valence-electron chi connectivity index (χ1n) is 32.4. The van der Waals surface area contributed by atoms with Crippen molar-refractivity contribution in [3.8, 4) is 0 Å². The Hall–Kier alpha value is -3.93. The first kappa shape index (κ1) is 73.1. The molecule has 0 aromatic heterocycles. The molecule has 0 aromatic rings. The van der Waals surface area contributed by atoms with Gasteiger partial charge < -0.3 is 14.2 Å². The minimum Gasteiger partial charge on any atom is -0.462 e. The van der Waals surface area contributed by atoms with Crippen LogP contribution in [0.1, 0.15) is 303 Å². The fraction of sp³-hybridized carbons (Fsp3) is 0.704. The third kappa shape index (κ3) is 62.8. The molecule has 1 unspecified atom stereocenters. The smallest absolute Gasteiger partial charge is 0.306 e. The molecule has 0 rings (SSSR count). The van der Waals surface area contributed by atoms with E-state index in [1.54, 1.807) is 0 Å². The minimum absolute atomic E-state index is 0.0853. The zero-order chi connectivity index (χ0) is 55.7. The van der Waals surface area contributed by atoms with Crippen molar-refractivity contribution in [3.63, 3.8) is 0 Å². The molecule has 0 saturated heterocycles. The van der Waals surface area contributed by atoms with E-state index < -0.39 is 6.10 Å². The third-order valence-corrected chi connectivity index (χ3v) is 13.8. The highest BCUT2D eigenvalue weighted by molar-refractivity contribution is 5.71. The Bertz CT molecular complexity index is 1560. The zero-order valence-electron chi connectivity index (χ0n) is 50.4. The van der Waals surface area contributed by atoms with Gasteiger partial charge in [0.15, 0.2) is 6.10 Å². The van der Waals surface area contributed by atoms with Crippen LogP contribution in [0.5, 0.6) is 0 Å². The normalized spacial score (nSPS) is 12.8. The predicted octanol–water partition coefficient (Wildman–Crippen LogP) is 22.2. The van der Waals surface area contributed by atoms with Gasteiger partial charge in [-0.1, -0.05) is 284 Å². The highest BCUT2D eigenvalue weighted by Crippen LogP contribution is 2.16. The lowest BCUT2D eigenvalue weighted by atomic mass is 10.0. The standard InChI is InChI=1S/C71H120O6/c1-4-7-10-13-16-19-22-25-28-30-31-32-33-34-35-36-37-38-39-40-41-42-44-46-49-52-55-58-61-64-70(73)76-67-68(66-75-69(72)63-60-57-54-51-48-45-27-24-21-18-15-12-9-6-3)77-71(74)65-62-59-56-53-50-47-43-29-26-23-20-17-14-11-8-5-2/h7,10,16,19-20,23,25,28-29,31-32,34-35,37-38,40-41,43,68H,4-6,8-9,11-15,17-18,21-22,24,26-27,30,33,36,39,42,44-67H2,1-3H3/b10-7-,19-16-,23-20-,28-25-,32-31-,35-34-,38-37-,41-40-,43-29-. The number of carbonyl (C=O) groups is 3. The maximum absolute atomic E-state index is 12.9. The lowest BCUT2D eigenvalue weighted by molar-refractivity contribution is -0.167. The second kappa shape index (κ2) is 64.6. The summed E-state index contributed by atoms with van der Waals surface area (Å²) in [6.45, 7) is 6.51. The molecule has 0 amide bonds. The molecule has 0 saturated carbocycles. The first-order valence-corrected chi connectivity index (χ1v) is 32.4.